The molecule has 7 nitrogen and oxygen atoms in total. The molecule has 150 valence electrons. The molecule has 0 spiro atoms. The van der Waals surface area contributed by atoms with Crippen LogP contribution >= 0.6 is 0 Å². The van der Waals surface area contributed by atoms with Crippen molar-refractivity contribution in [3.63, 3.8) is 0 Å². The molecule has 0 saturated carbocycles. The Labute approximate surface area is 165 Å². The van der Waals surface area contributed by atoms with Gasteiger partial charge in [0.25, 0.3) is 5.91 Å². The van der Waals surface area contributed by atoms with Crippen LogP contribution in [-0.4, -0.2) is 37.3 Å². The monoisotopic (exact) mass is 386 g/mol. The number of alkyl carbamates (subject to hydrolysis) is 1. The lowest BCUT2D eigenvalue weighted by molar-refractivity contribution is -0.123. The smallest absolute Gasteiger partial charge is 0.407 e. The Morgan fingerprint density at radius 3 is 2.04 bits per heavy atom. The van der Waals surface area contributed by atoms with Gasteiger partial charge in [-0.3, -0.25) is 4.79 Å². The predicted octanol–water partition coefficient (Wildman–Crippen LogP) is 3.50. The maximum absolute atomic E-state index is 11.8. The molecule has 2 N–H and O–H groups in total. The SMILES string of the molecule is CC(C)(C)OC(=O)NCCNC(=O)COc1ccc(Oc2ccccc2)cc1. The van der Waals surface area contributed by atoms with Crippen molar-refractivity contribution in [2.75, 3.05) is 19.7 Å². The molecule has 0 aliphatic rings. The number of carbonyl (C=O) groups is 2. The number of amides is 2. The summed E-state index contributed by atoms with van der Waals surface area (Å²) in [7, 11) is 0. The summed E-state index contributed by atoms with van der Waals surface area (Å²) in [6.45, 7) is 5.78. The van der Waals surface area contributed by atoms with Gasteiger partial charge in [-0.15, -0.1) is 0 Å². The van der Waals surface area contributed by atoms with Crippen molar-refractivity contribution in [3.05, 3.63) is 54.6 Å². The molecule has 0 heterocycles. The molecule has 2 amide bonds. The highest BCUT2D eigenvalue weighted by Crippen LogP contribution is 2.23. The normalized spacial score (nSPS) is 10.7. The van der Waals surface area contributed by atoms with Crippen molar-refractivity contribution >= 4 is 12.0 Å². The van der Waals surface area contributed by atoms with Crippen molar-refractivity contribution in [2.24, 2.45) is 0 Å². The summed E-state index contributed by atoms with van der Waals surface area (Å²) in [6, 6.07) is 16.4. The summed E-state index contributed by atoms with van der Waals surface area (Å²) >= 11 is 0. The van der Waals surface area contributed by atoms with Crippen LogP contribution in [-0.2, 0) is 9.53 Å². The Bertz CT molecular complexity index is 755. The van der Waals surface area contributed by atoms with Crippen LogP contribution in [0.15, 0.2) is 54.6 Å². The first-order chi connectivity index (χ1) is 13.3. The van der Waals surface area contributed by atoms with Crippen LogP contribution in [0.1, 0.15) is 20.8 Å². The predicted molar refractivity (Wildman–Crippen MR) is 106 cm³/mol. The molecule has 0 radical (unpaired) electrons. The van der Waals surface area contributed by atoms with Gasteiger partial charge in [0.05, 0.1) is 0 Å². The quantitative estimate of drug-likeness (QED) is 0.678. The minimum absolute atomic E-state index is 0.120. The van der Waals surface area contributed by atoms with Gasteiger partial charge in [0.15, 0.2) is 6.61 Å². The maximum Gasteiger partial charge on any atom is 0.407 e. The molecule has 0 unspecified atom stereocenters. The van der Waals surface area contributed by atoms with E-state index in [-0.39, 0.29) is 25.6 Å². The number of hydrogen-bond donors (Lipinski definition) is 2. The Hall–Kier alpha value is -3.22. The van der Waals surface area contributed by atoms with E-state index in [0.29, 0.717) is 11.5 Å². The standard InChI is InChI=1S/C21H26N2O5/c1-21(2,3)28-20(25)23-14-13-22-19(24)15-26-16-9-11-18(12-10-16)27-17-7-5-4-6-8-17/h4-12H,13-15H2,1-3H3,(H,22,24)(H,23,25). The van der Waals surface area contributed by atoms with E-state index < -0.39 is 11.7 Å². The minimum atomic E-state index is -0.553. The second-order valence-corrected chi connectivity index (χ2v) is 6.95. The molecule has 2 aromatic carbocycles. The molecular formula is C21H26N2O5. The van der Waals surface area contributed by atoms with Gasteiger partial charge in [0, 0.05) is 13.1 Å². The number of carbonyl (C=O) groups excluding carboxylic acids is 2. The highest BCUT2D eigenvalue weighted by molar-refractivity contribution is 5.77. The van der Waals surface area contributed by atoms with Gasteiger partial charge in [0.1, 0.15) is 22.8 Å². The van der Waals surface area contributed by atoms with Crippen molar-refractivity contribution in [1.82, 2.24) is 10.6 Å². The molecule has 28 heavy (non-hydrogen) atoms. The maximum atomic E-state index is 11.8. The molecule has 0 atom stereocenters. The van der Waals surface area contributed by atoms with E-state index in [4.69, 9.17) is 14.2 Å². The highest BCUT2D eigenvalue weighted by atomic mass is 16.6. The molecule has 0 aliphatic carbocycles. The molecule has 0 bridgehead atoms. The fourth-order valence-electron chi connectivity index (χ4n) is 2.11. The summed E-state index contributed by atoms with van der Waals surface area (Å²) in [6.07, 6.45) is -0.518. The zero-order valence-electron chi connectivity index (χ0n) is 16.4. The van der Waals surface area contributed by atoms with Gasteiger partial charge in [-0.2, -0.15) is 0 Å². The molecule has 0 aromatic heterocycles. The first-order valence-electron chi connectivity index (χ1n) is 9.01. The van der Waals surface area contributed by atoms with Crippen LogP contribution in [0, 0.1) is 0 Å². The Kier molecular flexibility index (Phi) is 7.68. The molecule has 0 saturated heterocycles. The molecular weight excluding hydrogens is 360 g/mol. The molecule has 7 heteroatoms. The second-order valence-electron chi connectivity index (χ2n) is 6.95. The molecule has 2 rings (SSSR count). The van der Waals surface area contributed by atoms with E-state index in [9.17, 15) is 9.59 Å². The fourth-order valence-corrected chi connectivity index (χ4v) is 2.11. The number of hydrogen-bond acceptors (Lipinski definition) is 5. The summed E-state index contributed by atoms with van der Waals surface area (Å²) < 4.78 is 16.2. The van der Waals surface area contributed by atoms with E-state index >= 15 is 0 Å². The van der Waals surface area contributed by atoms with Gasteiger partial charge >= 0.3 is 6.09 Å². The van der Waals surface area contributed by atoms with Gasteiger partial charge < -0.3 is 24.8 Å². The van der Waals surface area contributed by atoms with E-state index in [1.165, 1.54) is 0 Å². The van der Waals surface area contributed by atoms with E-state index in [2.05, 4.69) is 10.6 Å². The lowest BCUT2D eigenvalue weighted by Gasteiger charge is -2.19. The lowest BCUT2D eigenvalue weighted by Crippen LogP contribution is -2.39. The minimum Gasteiger partial charge on any atom is -0.484 e. The third kappa shape index (κ3) is 8.44. The average molecular weight is 386 g/mol. The molecule has 0 aliphatic heterocycles. The molecule has 2 aromatic rings. The molecule has 0 fully saturated rings. The van der Waals surface area contributed by atoms with Gasteiger partial charge in [-0.1, -0.05) is 18.2 Å². The van der Waals surface area contributed by atoms with Crippen molar-refractivity contribution in [1.29, 1.82) is 0 Å². The number of benzene rings is 2. The van der Waals surface area contributed by atoms with Crippen LogP contribution in [0.5, 0.6) is 17.2 Å². The second kappa shape index (κ2) is 10.2. The van der Waals surface area contributed by atoms with E-state index in [1.807, 2.05) is 30.3 Å². The average Bonchev–Trinajstić information content (AvgIpc) is 2.64. The Morgan fingerprint density at radius 1 is 0.821 bits per heavy atom. The van der Waals surface area contributed by atoms with Crippen LogP contribution < -0.4 is 20.1 Å². The van der Waals surface area contributed by atoms with E-state index in [1.54, 1.807) is 45.0 Å². The number of para-hydroxylation sites is 1. The summed E-state index contributed by atoms with van der Waals surface area (Å²) in [5.74, 6) is 1.70. The summed E-state index contributed by atoms with van der Waals surface area (Å²) in [4.78, 5) is 23.3. The first kappa shape index (κ1) is 21.1. The zero-order valence-corrected chi connectivity index (χ0v) is 16.4. The van der Waals surface area contributed by atoms with E-state index in [0.717, 1.165) is 5.75 Å². The lowest BCUT2D eigenvalue weighted by atomic mass is 10.2. The van der Waals surface area contributed by atoms with Crippen LogP contribution in [0.3, 0.4) is 0 Å². The van der Waals surface area contributed by atoms with Crippen molar-refractivity contribution < 1.29 is 23.8 Å². The third-order valence-electron chi connectivity index (χ3n) is 3.29. The Balaban J connectivity index is 1.64. The Morgan fingerprint density at radius 2 is 1.39 bits per heavy atom. The van der Waals surface area contributed by atoms with Crippen molar-refractivity contribution in [3.8, 4) is 17.2 Å². The topological polar surface area (TPSA) is 85.9 Å². The van der Waals surface area contributed by atoms with Gasteiger partial charge in [-0.05, 0) is 57.2 Å². The van der Waals surface area contributed by atoms with Crippen LogP contribution in [0.2, 0.25) is 0 Å². The zero-order chi connectivity index (χ0) is 20.4. The summed E-state index contributed by atoms with van der Waals surface area (Å²) in [5, 5.41) is 5.22. The number of ether oxygens (including phenoxy) is 3. The fraction of sp³-hybridized carbons (Fsp3) is 0.333. The van der Waals surface area contributed by atoms with Gasteiger partial charge in [0.2, 0.25) is 0 Å². The third-order valence-corrected chi connectivity index (χ3v) is 3.29. The summed E-state index contributed by atoms with van der Waals surface area (Å²) in [5.41, 5.74) is -0.553. The highest BCUT2D eigenvalue weighted by Gasteiger charge is 2.15. The number of rotatable bonds is 8. The van der Waals surface area contributed by atoms with Crippen LogP contribution in [0.25, 0.3) is 0 Å². The van der Waals surface area contributed by atoms with Crippen molar-refractivity contribution in [2.45, 2.75) is 26.4 Å². The van der Waals surface area contributed by atoms with Crippen LogP contribution in [0.4, 0.5) is 4.79 Å². The van der Waals surface area contributed by atoms with Gasteiger partial charge in [-0.25, -0.2) is 4.79 Å². The first-order valence-corrected chi connectivity index (χ1v) is 9.01. The number of nitrogens with one attached hydrogen (secondary N) is 2. The largest absolute Gasteiger partial charge is 0.484 e.